The SMILES string of the molecule is NC(=O)OC(C=O)C1CC1. The second-order valence-electron chi connectivity index (χ2n) is 2.38. The van der Waals surface area contributed by atoms with Crippen LogP contribution in [-0.4, -0.2) is 18.5 Å². The Balaban J connectivity index is 2.32. The average Bonchev–Trinajstić information content (AvgIpc) is 2.63. The molecule has 1 rings (SSSR count). The summed E-state index contributed by atoms with van der Waals surface area (Å²) < 4.78 is 4.49. The first-order valence-electron chi connectivity index (χ1n) is 3.15. The maximum absolute atomic E-state index is 10.2. The molecular formula is C6H9NO3. The standard InChI is InChI=1S/C6H9NO3/c7-6(9)10-5(3-8)4-1-2-4/h3-5H,1-2H2,(H2,7,9). The molecule has 1 aliphatic rings. The van der Waals surface area contributed by atoms with Gasteiger partial charge in [0.25, 0.3) is 0 Å². The zero-order valence-corrected chi connectivity index (χ0v) is 5.45. The average molecular weight is 143 g/mol. The number of rotatable bonds is 3. The van der Waals surface area contributed by atoms with Crippen LogP contribution in [0.4, 0.5) is 4.79 Å². The van der Waals surface area contributed by atoms with Gasteiger partial charge >= 0.3 is 6.09 Å². The first kappa shape index (κ1) is 7.05. The molecule has 0 aliphatic heterocycles. The van der Waals surface area contributed by atoms with Crippen molar-refractivity contribution in [1.82, 2.24) is 0 Å². The van der Waals surface area contributed by atoms with Crippen LogP contribution in [0.3, 0.4) is 0 Å². The fourth-order valence-electron chi connectivity index (χ4n) is 0.794. The number of ether oxygens (including phenoxy) is 1. The van der Waals surface area contributed by atoms with Crippen LogP contribution in [0.2, 0.25) is 0 Å². The Bertz CT molecular complexity index is 153. The van der Waals surface area contributed by atoms with Crippen LogP contribution in [-0.2, 0) is 9.53 Å². The van der Waals surface area contributed by atoms with E-state index in [0.29, 0.717) is 6.29 Å². The fraction of sp³-hybridized carbons (Fsp3) is 0.667. The van der Waals surface area contributed by atoms with Gasteiger partial charge in [0.1, 0.15) is 0 Å². The predicted molar refractivity (Wildman–Crippen MR) is 33.2 cm³/mol. The van der Waals surface area contributed by atoms with E-state index in [4.69, 9.17) is 5.73 Å². The summed E-state index contributed by atoms with van der Waals surface area (Å²) in [7, 11) is 0. The van der Waals surface area contributed by atoms with E-state index in [9.17, 15) is 9.59 Å². The maximum atomic E-state index is 10.2. The molecular weight excluding hydrogens is 134 g/mol. The number of carbonyl (C=O) groups excluding carboxylic acids is 2. The van der Waals surface area contributed by atoms with Crippen LogP contribution in [0.5, 0.6) is 0 Å². The van der Waals surface area contributed by atoms with Crippen molar-refractivity contribution in [3.8, 4) is 0 Å². The summed E-state index contributed by atoms with van der Waals surface area (Å²) >= 11 is 0. The predicted octanol–water partition coefficient (Wildman–Crippen LogP) is 0.0592. The second-order valence-corrected chi connectivity index (χ2v) is 2.38. The first-order chi connectivity index (χ1) is 4.74. The molecule has 4 nitrogen and oxygen atoms in total. The van der Waals surface area contributed by atoms with E-state index in [1.807, 2.05) is 0 Å². The van der Waals surface area contributed by atoms with Crippen LogP contribution >= 0.6 is 0 Å². The normalized spacial score (nSPS) is 19.6. The number of nitrogens with two attached hydrogens (primary N) is 1. The van der Waals surface area contributed by atoms with Crippen LogP contribution in [0.15, 0.2) is 0 Å². The molecule has 2 N–H and O–H groups in total. The number of aldehydes is 1. The highest BCUT2D eigenvalue weighted by Gasteiger charge is 2.33. The molecule has 1 atom stereocenters. The molecule has 1 fully saturated rings. The molecule has 4 heteroatoms. The zero-order valence-electron chi connectivity index (χ0n) is 5.45. The highest BCUT2D eigenvalue weighted by atomic mass is 16.6. The van der Waals surface area contributed by atoms with Crippen molar-refractivity contribution in [1.29, 1.82) is 0 Å². The van der Waals surface area contributed by atoms with E-state index in [2.05, 4.69) is 4.74 Å². The van der Waals surface area contributed by atoms with Gasteiger partial charge in [-0.3, -0.25) is 4.79 Å². The van der Waals surface area contributed by atoms with Gasteiger partial charge in [-0.05, 0) is 12.8 Å². The van der Waals surface area contributed by atoms with Crippen LogP contribution in [0.1, 0.15) is 12.8 Å². The minimum Gasteiger partial charge on any atom is -0.438 e. The fourth-order valence-corrected chi connectivity index (χ4v) is 0.794. The van der Waals surface area contributed by atoms with Gasteiger partial charge < -0.3 is 10.5 Å². The lowest BCUT2D eigenvalue weighted by atomic mass is 10.3. The van der Waals surface area contributed by atoms with Gasteiger partial charge in [0.15, 0.2) is 12.4 Å². The number of carbonyl (C=O) groups is 2. The Hall–Kier alpha value is -1.06. The van der Waals surface area contributed by atoms with Gasteiger partial charge in [-0.25, -0.2) is 4.79 Å². The number of hydrogen-bond acceptors (Lipinski definition) is 3. The van der Waals surface area contributed by atoms with Crippen molar-refractivity contribution < 1.29 is 14.3 Å². The van der Waals surface area contributed by atoms with Crippen molar-refractivity contribution in [3.63, 3.8) is 0 Å². The molecule has 0 aromatic heterocycles. The van der Waals surface area contributed by atoms with Gasteiger partial charge in [-0.1, -0.05) is 0 Å². The van der Waals surface area contributed by atoms with E-state index in [1.165, 1.54) is 0 Å². The van der Waals surface area contributed by atoms with E-state index in [1.54, 1.807) is 0 Å². The summed E-state index contributed by atoms with van der Waals surface area (Å²) in [5, 5.41) is 0. The number of hydrogen-bond donors (Lipinski definition) is 1. The lowest BCUT2D eigenvalue weighted by Gasteiger charge is -2.06. The topological polar surface area (TPSA) is 69.4 Å². The molecule has 1 unspecified atom stereocenters. The first-order valence-corrected chi connectivity index (χ1v) is 3.15. The minimum absolute atomic E-state index is 0.227. The monoisotopic (exact) mass is 143 g/mol. The number of amides is 1. The molecule has 0 radical (unpaired) electrons. The molecule has 10 heavy (non-hydrogen) atoms. The van der Waals surface area contributed by atoms with Gasteiger partial charge in [-0.2, -0.15) is 0 Å². The molecule has 1 aliphatic carbocycles. The van der Waals surface area contributed by atoms with Crippen LogP contribution in [0.25, 0.3) is 0 Å². The largest absolute Gasteiger partial charge is 0.438 e. The minimum atomic E-state index is -0.871. The Labute approximate surface area is 58.3 Å². The highest BCUT2D eigenvalue weighted by molar-refractivity contribution is 5.69. The van der Waals surface area contributed by atoms with Crippen LogP contribution < -0.4 is 5.73 Å². The third-order valence-electron chi connectivity index (χ3n) is 1.47. The van der Waals surface area contributed by atoms with E-state index < -0.39 is 12.2 Å². The Morgan fingerprint density at radius 1 is 1.70 bits per heavy atom. The molecule has 0 aromatic carbocycles. The van der Waals surface area contributed by atoms with E-state index in [0.717, 1.165) is 12.8 Å². The van der Waals surface area contributed by atoms with Crippen molar-refractivity contribution in [2.24, 2.45) is 11.7 Å². The summed E-state index contributed by atoms with van der Waals surface area (Å²) in [5.41, 5.74) is 4.71. The maximum Gasteiger partial charge on any atom is 0.405 e. The third kappa shape index (κ3) is 1.72. The molecule has 0 spiro atoms. The molecule has 0 aromatic rings. The summed E-state index contributed by atoms with van der Waals surface area (Å²) in [6.45, 7) is 0. The molecule has 0 heterocycles. The Morgan fingerprint density at radius 2 is 2.30 bits per heavy atom. The molecule has 1 amide bonds. The van der Waals surface area contributed by atoms with Gasteiger partial charge in [0.2, 0.25) is 0 Å². The van der Waals surface area contributed by atoms with E-state index in [-0.39, 0.29) is 5.92 Å². The molecule has 0 bridgehead atoms. The van der Waals surface area contributed by atoms with Crippen molar-refractivity contribution in [2.75, 3.05) is 0 Å². The van der Waals surface area contributed by atoms with Crippen molar-refractivity contribution in [3.05, 3.63) is 0 Å². The highest BCUT2D eigenvalue weighted by Crippen LogP contribution is 2.33. The zero-order chi connectivity index (χ0) is 7.56. The summed E-state index contributed by atoms with van der Waals surface area (Å²) in [4.78, 5) is 20.3. The summed E-state index contributed by atoms with van der Waals surface area (Å²) in [5.74, 6) is 0.227. The molecule has 1 saturated carbocycles. The van der Waals surface area contributed by atoms with Gasteiger partial charge in [0, 0.05) is 5.92 Å². The van der Waals surface area contributed by atoms with Gasteiger partial charge in [-0.15, -0.1) is 0 Å². The van der Waals surface area contributed by atoms with E-state index >= 15 is 0 Å². The van der Waals surface area contributed by atoms with Gasteiger partial charge in [0.05, 0.1) is 0 Å². The molecule has 56 valence electrons. The quantitative estimate of drug-likeness (QED) is 0.568. The smallest absolute Gasteiger partial charge is 0.405 e. The van der Waals surface area contributed by atoms with Crippen LogP contribution in [0, 0.1) is 5.92 Å². The van der Waals surface area contributed by atoms with Crippen molar-refractivity contribution in [2.45, 2.75) is 18.9 Å². The van der Waals surface area contributed by atoms with Crippen molar-refractivity contribution >= 4 is 12.4 Å². The Morgan fingerprint density at radius 3 is 2.60 bits per heavy atom. The second kappa shape index (κ2) is 2.68. The summed E-state index contributed by atoms with van der Waals surface area (Å²) in [6, 6.07) is 0. The lowest BCUT2D eigenvalue weighted by Crippen LogP contribution is -2.25. The lowest BCUT2D eigenvalue weighted by molar-refractivity contribution is -0.115. The Kier molecular flexibility index (Phi) is 1.89. The summed E-state index contributed by atoms with van der Waals surface area (Å²) in [6.07, 6.45) is 1.07. The number of primary amides is 1. The third-order valence-corrected chi connectivity index (χ3v) is 1.47. The molecule has 0 saturated heterocycles.